The third-order valence-electron chi connectivity index (χ3n) is 2.26. The molecule has 0 amide bonds. The average molecular weight is 222 g/mol. The molecule has 2 heteroatoms. The Morgan fingerprint density at radius 3 is 2.44 bits per heavy atom. The molecule has 1 rings (SSSR count). The van der Waals surface area contributed by atoms with Gasteiger partial charge in [-0.15, -0.1) is 0 Å². The first-order valence-corrected chi connectivity index (χ1v) is 6.30. The number of aromatic nitrogens is 1. The first kappa shape index (κ1) is 15.1. The number of rotatable bonds is 5. The third-order valence-corrected chi connectivity index (χ3v) is 2.26. The van der Waals surface area contributed by atoms with Crippen LogP contribution in [-0.2, 0) is 6.42 Å². The van der Waals surface area contributed by atoms with Crippen molar-refractivity contribution in [2.24, 2.45) is 11.7 Å². The summed E-state index contributed by atoms with van der Waals surface area (Å²) in [6.45, 7) is 7.46. The predicted molar refractivity (Wildman–Crippen MR) is 71.4 cm³/mol. The fourth-order valence-electron chi connectivity index (χ4n) is 1.31. The Hall–Kier alpha value is -0.890. The Morgan fingerprint density at radius 1 is 1.31 bits per heavy atom. The van der Waals surface area contributed by atoms with Crippen LogP contribution in [0.3, 0.4) is 0 Å². The smallest absolute Gasteiger partial charge is 0.0416 e. The zero-order valence-electron chi connectivity index (χ0n) is 10.9. The standard InChI is InChI=1S/C7H10N2.C7H16/c8-5-4-7-3-1-2-6-9-7;1-4-5-6-7(2)3/h1-3,6H,4-5,8H2;7H,4-6H2,1-3H3. The van der Waals surface area contributed by atoms with E-state index in [2.05, 4.69) is 25.8 Å². The molecule has 1 aromatic rings. The Labute approximate surface area is 100 Å². The lowest BCUT2D eigenvalue weighted by Gasteiger charge is -1.98. The van der Waals surface area contributed by atoms with Gasteiger partial charge < -0.3 is 5.73 Å². The summed E-state index contributed by atoms with van der Waals surface area (Å²) in [7, 11) is 0. The van der Waals surface area contributed by atoms with Crippen LogP contribution in [0.1, 0.15) is 45.7 Å². The van der Waals surface area contributed by atoms with Crippen molar-refractivity contribution in [3.63, 3.8) is 0 Å². The maximum Gasteiger partial charge on any atom is 0.0416 e. The average Bonchev–Trinajstić information content (AvgIpc) is 2.29. The molecule has 1 aromatic heterocycles. The minimum atomic E-state index is 0.678. The molecule has 0 radical (unpaired) electrons. The minimum absolute atomic E-state index is 0.678. The van der Waals surface area contributed by atoms with Gasteiger partial charge in [0.25, 0.3) is 0 Å². The molecule has 2 N–H and O–H groups in total. The molecule has 0 fully saturated rings. The number of pyridine rings is 1. The van der Waals surface area contributed by atoms with E-state index in [9.17, 15) is 0 Å². The maximum absolute atomic E-state index is 5.32. The van der Waals surface area contributed by atoms with E-state index >= 15 is 0 Å². The maximum atomic E-state index is 5.32. The molecule has 0 aromatic carbocycles. The second-order valence-corrected chi connectivity index (χ2v) is 4.40. The van der Waals surface area contributed by atoms with Gasteiger partial charge in [-0.3, -0.25) is 4.98 Å². The van der Waals surface area contributed by atoms with Crippen molar-refractivity contribution in [2.75, 3.05) is 6.54 Å². The second-order valence-electron chi connectivity index (χ2n) is 4.40. The fraction of sp³-hybridized carbons (Fsp3) is 0.643. The Bertz CT molecular complexity index is 232. The van der Waals surface area contributed by atoms with E-state index in [0.717, 1.165) is 18.0 Å². The minimum Gasteiger partial charge on any atom is -0.330 e. The molecule has 0 saturated heterocycles. The van der Waals surface area contributed by atoms with E-state index in [4.69, 9.17) is 5.73 Å². The Kier molecular flexibility index (Phi) is 10.0. The van der Waals surface area contributed by atoms with Gasteiger partial charge in [0.15, 0.2) is 0 Å². The largest absolute Gasteiger partial charge is 0.330 e. The second kappa shape index (κ2) is 10.6. The van der Waals surface area contributed by atoms with E-state index in [1.54, 1.807) is 6.20 Å². The number of nitrogens with zero attached hydrogens (tertiary/aromatic N) is 1. The summed E-state index contributed by atoms with van der Waals surface area (Å²) >= 11 is 0. The monoisotopic (exact) mass is 222 g/mol. The molecular weight excluding hydrogens is 196 g/mol. The quantitative estimate of drug-likeness (QED) is 0.829. The number of hydrogen-bond donors (Lipinski definition) is 1. The van der Waals surface area contributed by atoms with Crippen LogP contribution in [0.5, 0.6) is 0 Å². The summed E-state index contributed by atoms with van der Waals surface area (Å²) in [4.78, 5) is 4.09. The summed E-state index contributed by atoms with van der Waals surface area (Å²) in [6.07, 6.45) is 6.80. The van der Waals surface area contributed by atoms with Crippen LogP contribution < -0.4 is 5.73 Å². The van der Waals surface area contributed by atoms with Crippen LogP contribution in [0, 0.1) is 5.92 Å². The molecule has 0 bridgehead atoms. The zero-order valence-corrected chi connectivity index (χ0v) is 10.9. The first-order valence-electron chi connectivity index (χ1n) is 6.30. The van der Waals surface area contributed by atoms with E-state index in [0.29, 0.717) is 6.54 Å². The van der Waals surface area contributed by atoms with Crippen LogP contribution in [-0.4, -0.2) is 11.5 Å². The normalized spacial score (nSPS) is 9.81. The van der Waals surface area contributed by atoms with Gasteiger partial charge in [-0.2, -0.15) is 0 Å². The van der Waals surface area contributed by atoms with E-state index in [1.165, 1.54) is 19.3 Å². The highest BCUT2D eigenvalue weighted by Gasteiger charge is 1.88. The highest BCUT2D eigenvalue weighted by atomic mass is 14.7. The van der Waals surface area contributed by atoms with Gasteiger partial charge >= 0.3 is 0 Å². The molecule has 0 saturated carbocycles. The van der Waals surface area contributed by atoms with Crippen LogP contribution in [0.25, 0.3) is 0 Å². The zero-order chi connectivity index (χ0) is 12.2. The highest BCUT2D eigenvalue weighted by molar-refractivity contribution is 5.03. The van der Waals surface area contributed by atoms with E-state index in [-0.39, 0.29) is 0 Å². The van der Waals surface area contributed by atoms with Crippen molar-refractivity contribution in [1.29, 1.82) is 0 Å². The van der Waals surface area contributed by atoms with E-state index < -0.39 is 0 Å². The molecule has 0 unspecified atom stereocenters. The summed E-state index contributed by atoms with van der Waals surface area (Å²) in [5.41, 5.74) is 6.39. The van der Waals surface area contributed by atoms with Gasteiger partial charge in [-0.25, -0.2) is 0 Å². The summed E-state index contributed by atoms with van der Waals surface area (Å²) in [5, 5.41) is 0. The lowest BCUT2D eigenvalue weighted by molar-refractivity contribution is 0.550. The molecular formula is C14H26N2. The molecule has 0 aliphatic heterocycles. The van der Waals surface area contributed by atoms with Gasteiger partial charge in [0.1, 0.15) is 0 Å². The molecule has 0 atom stereocenters. The van der Waals surface area contributed by atoms with Crippen molar-refractivity contribution in [3.8, 4) is 0 Å². The van der Waals surface area contributed by atoms with Crippen LogP contribution in [0.4, 0.5) is 0 Å². The van der Waals surface area contributed by atoms with Gasteiger partial charge in [0.05, 0.1) is 0 Å². The van der Waals surface area contributed by atoms with Crippen molar-refractivity contribution >= 4 is 0 Å². The first-order chi connectivity index (χ1) is 7.70. The lowest BCUT2D eigenvalue weighted by atomic mass is 10.1. The van der Waals surface area contributed by atoms with Gasteiger partial charge in [-0.05, 0) is 24.6 Å². The number of unbranched alkanes of at least 4 members (excludes halogenated alkanes) is 1. The van der Waals surface area contributed by atoms with Crippen molar-refractivity contribution < 1.29 is 0 Å². The van der Waals surface area contributed by atoms with E-state index in [1.807, 2.05) is 18.2 Å². The Morgan fingerprint density at radius 2 is 2.06 bits per heavy atom. The van der Waals surface area contributed by atoms with Gasteiger partial charge in [0, 0.05) is 18.3 Å². The van der Waals surface area contributed by atoms with Crippen molar-refractivity contribution in [3.05, 3.63) is 30.1 Å². The topological polar surface area (TPSA) is 38.9 Å². The van der Waals surface area contributed by atoms with Crippen molar-refractivity contribution in [2.45, 2.75) is 46.5 Å². The summed E-state index contributed by atoms with van der Waals surface area (Å²) in [6, 6.07) is 5.85. The number of nitrogens with two attached hydrogens (primary N) is 1. The van der Waals surface area contributed by atoms with Crippen LogP contribution in [0.2, 0.25) is 0 Å². The van der Waals surface area contributed by atoms with Crippen LogP contribution in [0.15, 0.2) is 24.4 Å². The van der Waals surface area contributed by atoms with Gasteiger partial charge in [0.2, 0.25) is 0 Å². The molecule has 1 heterocycles. The molecule has 0 spiro atoms. The number of hydrogen-bond acceptors (Lipinski definition) is 2. The fourth-order valence-corrected chi connectivity index (χ4v) is 1.31. The van der Waals surface area contributed by atoms with Crippen molar-refractivity contribution in [1.82, 2.24) is 4.98 Å². The molecule has 0 aliphatic rings. The van der Waals surface area contributed by atoms with Gasteiger partial charge in [-0.1, -0.05) is 46.1 Å². The molecule has 2 nitrogen and oxygen atoms in total. The molecule has 92 valence electrons. The van der Waals surface area contributed by atoms with Crippen LogP contribution >= 0.6 is 0 Å². The highest BCUT2D eigenvalue weighted by Crippen LogP contribution is 2.04. The summed E-state index contributed by atoms with van der Waals surface area (Å²) < 4.78 is 0. The molecule has 0 aliphatic carbocycles. The summed E-state index contributed by atoms with van der Waals surface area (Å²) in [5.74, 6) is 0.903. The SMILES string of the molecule is CCCCC(C)C.NCCc1ccccn1. The molecule has 16 heavy (non-hydrogen) atoms. The Balaban J connectivity index is 0.000000293. The predicted octanol–water partition coefficient (Wildman–Crippen LogP) is 3.42. The third kappa shape index (κ3) is 9.66. The lowest BCUT2D eigenvalue weighted by Crippen LogP contribution is -2.03.